The molecule has 0 saturated carbocycles. The Kier molecular flexibility index (Phi) is 6.39. The minimum Gasteiger partial charge on any atom is -0.336 e. The van der Waals surface area contributed by atoms with E-state index in [0.29, 0.717) is 6.54 Å². The maximum atomic E-state index is 12.0. The van der Waals surface area contributed by atoms with Crippen molar-refractivity contribution in [3.8, 4) is 0 Å². The summed E-state index contributed by atoms with van der Waals surface area (Å²) in [6.45, 7) is 5.63. The van der Waals surface area contributed by atoms with E-state index in [1.807, 2.05) is 6.92 Å². The fraction of sp³-hybridized carbons (Fsp3) is 0.889. The lowest BCUT2D eigenvalue weighted by atomic mass is 10.2. The SMILES string of the molecule is CC(NS(C)(=O)=O)C(=O)N1CCNCC1C.Cl. The lowest BCUT2D eigenvalue weighted by Gasteiger charge is -2.35. The van der Waals surface area contributed by atoms with Crippen LogP contribution in [0.2, 0.25) is 0 Å². The summed E-state index contributed by atoms with van der Waals surface area (Å²) < 4.78 is 24.3. The predicted molar refractivity (Wildman–Crippen MR) is 68.7 cm³/mol. The molecule has 0 aliphatic carbocycles. The molecule has 2 unspecified atom stereocenters. The van der Waals surface area contributed by atoms with Gasteiger partial charge in [-0.3, -0.25) is 4.79 Å². The maximum absolute atomic E-state index is 12.0. The van der Waals surface area contributed by atoms with Crippen LogP contribution in [0.15, 0.2) is 0 Å². The third-order valence-electron chi connectivity index (χ3n) is 2.55. The van der Waals surface area contributed by atoms with E-state index in [1.54, 1.807) is 11.8 Å². The molecule has 0 aromatic rings. The van der Waals surface area contributed by atoms with E-state index in [2.05, 4.69) is 10.0 Å². The lowest BCUT2D eigenvalue weighted by Crippen LogP contribution is -2.57. The molecule has 1 aliphatic heterocycles. The van der Waals surface area contributed by atoms with Gasteiger partial charge >= 0.3 is 0 Å². The number of hydrogen-bond donors (Lipinski definition) is 2. The summed E-state index contributed by atoms with van der Waals surface area (Å²) in [7, 11) is -3.34. The monoisotopic (exact) mass is 285 g/mol. The molecule has 2 N–H and O–H groups in total. The number of piperazine rings is 1. The van der Waals surface area contributed by atoms with E-state index in [9.17, 15) is 13.2 Å². The zero-order valence-corrected chi connectivity index (χ0v) is 11.9. The number of hydrogen-bond acceptors (Lipinski definition) is 4. The summed E-state index contributed by atoms with van der Waals surface area (Å²) >= 11 is 0. The van der Waals surface area contributed by atoms with Gasteiger partial charge in [0, 0.05) is 25.7 Å². The van der Waals surface area contributed by atoms with Gasteiger partial charge in [-0.1, -0.05) is 0 Å². The molecule has 0 radical (unpaired) electrons. The molecular formula is C9H20ClN3O3S. The van der Waals surface area contributed by atoms with Crippen molar-refractivity contribution in [1.29, 1.82) is 0 Å². The van der Waals surface area contributed by atoms with Crippen molar-refractivity contribution in [2.75, 3.05) is 25.9 Å². The van der Waals surface area contributed by atoms with Gasteiger partial charge in [0.05, 0.1) is 12.3 Å². The highest BCUT2D eigenvalue weighted by Gasteiger charge is 2.27. The molecular weight excluding hydrogens is 266 g/mol. The van der Waals surface area contributed by atoms with Crippen molar-refractivity contribution in [2.24, 2.45) is 0 Å². The van der Waals surface area contributed by atoms with E-state index in [-0.39, 0.29) is 24.4 Å². The normalized spacial score (nSPS) is 22.8. The number of carbonyl (C=O) groups excluding carboxylic acids is 1. The van der Waals surface area contributed by atoms with Crippen LogP contribution in [0.4, 0.5) is 0 Å². The molecule has 0 bridgehead atoms. The van der Waals surface area contributed by atoms with E-state index in [1.165, 1.54) is 0 Å². The van der Waals surface area contributed by atoms with E-state index >= 15 is 0 Å². The van der Waals surface area contributed by atoms with Crippen LogP contribution in [-0.4, -0.2) is 57.2 Å². The molecule has 0 spiro atoms. The Labute approximate surface area is 109 Å². The van der Waals surface area contributed by atoms with E-state index in [4.69, 9.17) is 0 Å². The molecule has 17 heavy (non-hydrogen) atoms. The number of nitrogens with zero attached hydrogens (tertiary/aromatic N) is 1. The third kappa shape index (κ3) is 5.20. The largest absolute Gasteiger partial charge is 0.336 e. The number of sulfonamides is 1. The van der Waals surface area contributed by atoms with Gasteiger partial charge < -0.3 is 10.2 Å². The van der Waals surface area contributed by atoms with Crippen LogP contribution < -0.4 is 10.0 Å². The van der Waals surface area contributed by atoms with Gasteiger partial charge in [0.1, 0.15) is 0 Å². The zero-order valence-electron chi connectivity index (χ0n) is 10.3. The first-order valence-electron chi connectivity index (χ1n) is 5.30. The topological polar surface area (TPSA) is 78.5 Å². The van der Waals surface area contributed by atoms with Crippen molar-refractivity contribution in [3.05, 3.63) is 0 Å². The Balaban J connectivity index is 0.00000256. The van der Waals surface area contributed by atoms with Crippen LogP contribution in [0, 0.1) is 0 Å². The first kappa shape index (κ1) is 16.6. The molecule has 1 aliphatic rings. The van der Waals surface area contributed by atoms with Crippen LogP contribution in [0.5, 0.6) is 0 Å². The van der Waals surface area contributed by atoms with Crippen molar-refractivity contribution in [3.63, 3.8) is 0 Å². The minimum absolute atomic E-state index is 0. The Bertz CT molecular complexity index is 360. The molecule has 1 heterocycles. The fourth-order valence-electron chi connectivity index (χ4n) is 1.79. The summed E-state index contributed by atoms with van der Waals surface area (Å²) in [5.41, 5.74) is 0. The van der Waals surface area contributed by atoms with Gasteiger partial charge in [-0.15, -0.1) is 12.4 Å². The molecule has 1 saturated heterocycles. The maximum Gasteiger partial charge on any atom is 0.240 e. The quantitative estimate of drug-likeness (QED) is 0.709. The average molecular weight is 286 g/mol. The molecule has 2 atom stereocenters. The average Bonchev–Trinajstić information content (AvgIpc) is 2.15. The van der Waals surface area contributed by atoms with Gasteiger partial charge in [-0.25, -0.2) is 13.1 Å². The molecule has 1 fully saturated rings. The van der Waals surface area contributed by atoms with Crippen molar-refractivity contribution < 1.29 is 13.2 Å². The second-order valence-corrected chi connectivity index (χ2v) is 5.98. The molecule has 8 heteroatoms. The molecule has 6 nitrogen and oxygen atoms in total. The second-order valence-electron chi connectivity index (χ2n) is 4.20. The molecule has 0 aromatic carbocycles. The Morgan fingerprint density at radius 3 is 2.59 bits per heavy atom. The molecule has 102 valence electrons. The van der Waals surface area contributed by atoms with Crippen LogP contribution in [0.1, 0.15) is 13.8 Å². The lowest BCUT2D eigenvalue weighted by molar-refractivity contribution is -0.135. The smallest absolute Gasteiger partial charge is 0.240 e. The number of rotatable bonds is 3. The van der Waals surface area contributed by atoms with Crippen LogP contribution >= 0.6 is 12.4 Å². The molecule has 0 aromatic heterocycles. The standard InChI is InChI=1S/C9H19N3O3S.ClH/c1-7-6-10-4-5-12(7)9(13)8(2)11-16(3,14)15;/h7-8,10-11H,4-6H2,1-3H3;1H. The number of nitrogens with one attached hydrogen (secondary N) is 2. The third-order valence-corrected chi connectivity index (χ3v) is 3.33. The highest BCUT2D eigenvalue weighted by atomic mass is 35.5. The van der Waals surface area contributed by atoms with E-state index in [0.717, 1.165) is 19.3 Å². The minimum atomic E-state index is -3.34. The van der Waals surface area contributed by atoms with Crippen LogP contribution in [0.25, 0.3) is 0 Å². The Hall–Kier alpha value is -0.370. The van der Waals surface area contributed by atoms with Crippen molar-refractivity contribution in [1.82, 2.24) is 14.9 Å². The van der Waals surface area contributed by atoms with Gasteiger partial charge in [0.2, 0.25) is 15.9 Å². The molecule has 1 amide bonds. The number of carbonyl (C=O) groups is 1. The fourth-order valence-corrected chi connectivity index (χ4v) is 2.53. The van der Waals surface area contributed by atoms with E-state index < -0.39 is 16.1 Å². The summed E-state index contributed by atoms with van der Waals surface area (Å²) in [6, 6.07) is -0.597. The first-order valence-corrected chi connectivity index (χ1v) is 7.19. The Morgan fingerprint density at radius 1 is 1.53 bits per heavy atom. The van der Waals surface area contributed by atoms with Gasteiger partial charge in [0.25, 0.3) is 0 Å². The number of amides is 1. The first-order chi connectivity index (χ1) is 7.31. The highest BCUT2D eigenvalue weighted by Crippen LogP contribution is 2.05. The summed E-state index contributed by atoms with van der Waals surface area (Å²) in [6.07, 6.45) is 1.05. The van der Waals surface area contributed by atoms with Crippen LogP contribution in [-0.2, 0) is 14.8 Å². The zero-order chi connectivity index (χ0) is 12.3. The summed E-state index contributed by atoms with van der Waals surface area (Å²) in [4.78, 5) is 13.7. The van der Waals surface area contributed by atoms with Gasteiger partial charge in [0.15, 0.2) is 0 Å². The van der Waals surface area contributed by atoms with Crippen molar-refractivity contribution in [2.45, 2.75) is 25.9 Å². The number of halogens is 1. The van der Waals surface area contributed by atoms with Gasteiger partial charge in [-0.05, 0) is 13.8 Å². The van der Waals surface area contributed by atoms with Gasteiger partial charge in [-0.2, -0.15) is 0 Å². The van der Waals surface area contributed by atoms with Crippen LogP contribution in [0.3, 0.4) is 0 Å². The summed E-state index contributed by atoms with van der Waals surface area (Å²) in [5.74, 6) is -0.167. The molecule has 1 rings (SSSR count). The Morgan fingerprint density at radius 2 is 2.12 bits per heavy atom. The highest BCUT2D eigenvalue weighted by molar-refractivity contribution is 7.88. The summed E-state index contributed by atoms with van der Waals surface area (Å²) in [5, 5.41) is 3.17. The predicted octanol–water partition coefficient (Wildman–Crippen LogP) is -0.834. The van der Waals surface area contributed by atoms with Crippen molar-refractivity contribution >= 4 is 28.3 Å². The second kappa shape index (κ2) is 6.53.